The van der Waals surface area contributed by atoms with E-state index in [0.717, 1.165) is 32.4 Å². The van der Waals surface area contributed by atoms with E-state index in [1.54, 1.807) is 4.90 Å². The Morgan fingerprint density at radius 2 is 1.68 bits per heavy atom. The Hall–Kier alpha value is -3.62. The van der Waals surface area contributed by atoms with Gasteiger partial charge in [-0.15, -0.1) is 5.10 Å². The quantitative estimate of drug-likeness (QED) is 0.349. The third-order valence-corrected chi connectivity index (χ3v) is 7.43. The molecule has 0 radical (unpaired) electrons. The van der Waals surface area contributed by atoms with Crippen LogP contribution in [0.5, 0.6) is 0 Å². The van der Waals surface area contributed by atoms with E-state index >= 15 is 0 Å². The molecular formula is C26H17BrN4O2S. The van der Waals surface area contributed by atoms with Gasteiger partial charge in [-0.3, -0.25) is 9.59 Å². The van der Waals surface area contributed by atoms with Gasteiger partial charge < -0.3 is 4.90 Å². The molecule has 0 N–H and O–H groups in total. The highest BCUT2D eigenvalue weighted by atomic mass is 79.9. The minimum absolute atomic E-state index is 0.184. The number of carbonyl (C=O) groups excluding carboxylic acids is 1. The van der Waals surface area contributed by atoms with Crippen molar-refractivity contribution in [3.63, 3.8) is 0 Å². The van der Waals surface area contributed by atoms with Crippen LogP contribution in [0.25, 0.3) is 21.9 Å². The van der Waals surface area contributed by atoms with Crippen molar-refractivity contribution in [3.05, 3.63) is 109 Å². The molecule has 0 saturated heterocycles. The number of anilines is 1. The van der Waals surface area contributed by atoms with Crippen molar-refractivity contribution in [1.29, 1.82) is 0 Å². The number of thiazole rings is 1. The minimum Gasteiger partial charge on any atom is -0.303 e. The van der Waals surface area contributed by atoms with Crippen LogP contribution < -0.4 is 15.0 Å². The van der Waals surface area contributed by atoms with Crippen molar-refractivity contribution in [2.75, 3.05) is 4.90 Å². The third-order valence-electron chi connectivity index (χ3n) is 5.87. The van der Waals surface area contributed by atoms with Crippen LogP contribution in [0, 0.1) is 6.92 Å². The lowest BCUT2D eigenvalue weighted by molar-refractivity contribution is -0.113. The number of fused-ring (bicyclic) bond motifs is 2. The van der Waals surface area contributed by atoms with Crippen molar-refractivity contribution in [2.24, 2.45) is 0 Å². The minimum atomic E-state index is -0.328. The summed E-state index contributed by atoms with van der Waals surface area (Å²) in [5.74, 6) is 0.294. The van der Waals surface area contributed by atoms with Gasteiger partial charge in [0, 0.05) is 15.6 Å². The molecule has 3 aromatic carbocycles. The van der Waals surface area contributed by atoms with Crippen molar-refractivity contribution >= 4 is 49.4 Å². The molecule has 1 amide bonds. The Balaban J connectivity index is 1.48. The van der Waals surface area contributed by atoms with Crippen molar-refractivity contribution in [1.82, 2.24) is 14.6 Å². The van der Waals surface area contributed by atoms with E-state index in [2.05, 4.69) is 26.0 Å². The summed E-state index contributed by atoms with van der Waals surface area (Å²) in [6, 6.07) is 23.3. The average Bonchev–Trinajstić information content (AvgIpc) is 3.47. The summed E-state index contributed by atoms with van der Waals surface area (Å²) < 4.78 is 2.61. The van der Waals surface area contributed by atoms with Gasteiger partial charge in [-0.2, -0.15) is 9.50 Å². The zero-order valence-corrected chi connectivity index (χ0v) is 20.4. The molecule has 6 nitrogen and oxygen atoms in total. The van der Waals surface area contributed by atoms with Crippen LogP contribution in [0.1, 0.15) is 16.7 Å². The molecule has 0 spiro atoms. The van der Waals surface area contributed by atoms with Crippen LogP contribution in [0.4, 0.5) is 5.69 Å². The van der Waals surface area contributed by atoms with Crippen molar-refractivity contribution in [2.45, 2.75) is 13.5 Å². The standard InChI is InChI=1S/C26H17BrN4O2S/c1-15-6-8-16(9-7-15)14-30-20-5-3-2-4-19(20)21(24(30)32)22-25(33)31-26(34-22)28-23(29-31)17-10-12-18(27)13-11-17/h2-13H,14H2,1H3/b22-21-. The van der Waals surface area contributed by atoms with E-state index in [9.17, 15) is 9.59 Å². The molecular weight excluding hydrogens is 512 g/mol. The molecule has 0 unspecified atom stereocenters. The van der Waals surface area contributed by atoms with E-state index in [0.29, 0.717) is 27.4 Å². The summed E-state index contributed by atoms with van der Waals surface area (Å²) in [6.07, 6.45) is 0. The highest BCUT2D eigenvalue weighted by Crippen LogP contribution is 2.36. The van der Waals surface area contributed by atoms with Gasteiger partial charge in [0.25, 0.3) is 11.5 Å². The van der Waals surface area contributed by atoms with Gasteiger partial charge in [0.2, 0.25) is 4.96 Å². The summed E-state index contributed by atoms with van der Waals surface area (Å²) in [6.45, 7) is 2.47. The highest BCUT2D eigenvalue weighted by molar-refractivity contribution is 9.10. The number of carbonyl (C=O) groups is 1. The topological polar surface area (TPSA) is 67.6 Å². The summed E-state index contributed by atoms with van der Waals surface area (Å²) >= 11 is 4.62. The van der Waals surface area contributed by atoms with E-state index < -0.39 is 0 Å². The van der Waals surface area contributed by atoms with Crippen LogP contribution in [-0.2, 0) is 11.3 Å². The lowest BCUT2D eigenvalue weighted by Crippen LogP contribution is -2.32. The number of nitrogens with zero attached hydrogens (tertiary/aromatic N) is 4. The van der Waals surface area contributed by atoms with Gasteiger partial charge in [-0.25, -0.2) is 0 Å². The van der Waals surface area contributed by atoms with Crippen LogP contribution in [0.2, 0.25) is 0 Å². The Morgan fingerprint density at radius 3 is 2.41 bits per heavy atom. The number of benzene rings is 3. The van der Waals surface area contributed by atoms with E-state index in [4.69, 9.17) is 0 Å². The van der Waals surface area contributed by atoms with E-state index in [1.807, 2.05) is 79.7 Å². The van der Waals surface area contributed by atoms with E-state index in [-0.39, 0.29) is 11.5 Å². The maximum Gasteiger partial charge on any atom is 0.291 e. The molecule has 0 fully saturated rings. The lowest BCUT2D eigenvalue weighted by Gasteiger charge is -2.17. The lowest BCUT2D eigenvalue weighted by atomic mass is 10.1. The predicted octanol–water partition coefficient (Wildman–Crippen LogP) is 4.35. The number of aromatic nitrogens is 3. The molecule has 2 aromatic heterocycles. The van der Waals surface area contributed by atoms with E-state index in [1.165, 1.54) is 15.9 Å². The number of halogens is 1. The molecule has 6 rings (SSSR count). The number of aryl methyl sites for hydroxylation is 1. The molecule has 0 bridgehead atoms. The van der Waals surface area contributed by atoms with Crippen LogP contribution in [0.15, 0.2) is 82.1 Å². The summed E-state index contributed by atoms with van der Waals surface area (Å²) in [4.78, 5) is 33.7. The number of para-hydroxylation sites is 1. The molecule has 3 heterocycles. The molecule has 5 aromatic rings. The highest BCUT2D eigenvalue weighted by Gasteiger charge is 2.34. The first-order valence-electron chi connectivity index (χ1n) is 10.7. The molecule has 0 aliphatic carbocycles. The van der Waals surface area contributed by atoms with Gasteiger partial charge in [0.15, 0.2) is 5.82 Å². The molecule has 1 aliphatic rings. The van der Waals surface area contributed by atoms with Crippen molar-refractivity contribution in [3.8, 4) is 11.4 Å². The second kappa shape index (κ2) is 8.00. The Labute approximate surface area is 206 Å². The fourth-order valence-electron chi connectivity index (χ4n) is 4.14. The second-order valence-electron chi connectivity index (χ2n) is 8.14. The zero-order chi connectivity index (χ0) is 23.4. The zero-order valence-electron chi connectivity index (χ0n) is 18.0. The molecule has 8 heteroatoms. The smallest absolute Gasteiger partial charge is 0.291 e. The van der Waals surface area contributed by atoms with Crippen molar-refractivity contribution < 1.29 is 4.79 Å². The molecule has 0 saturated carbocycles. The second-order valence-corrected chi connectivity index (χ2v) is 10.0. The molecule has 0 atom stereocenters. The fourth-order valence-corrected chi connectivity index (χ4v) is 5.40. The fraction of sp³-hybridized carbons (Fsp3) is 0.0769. The molecule has 34 heavy (non-hydrogen) atoms. The van der Waals surface area contributed by atoms with Gasteiger partial charge in [0.1, 0.15) is 4.53 Å². The van der Waals surface area contributed by atoms with Crippen LogP contribution in [-0.4, -0.2) is 20.5 Å². The van der Waals surface area contributed by atoms with Crippen LogP contribution >= 0.6 is 27.3 Å². The number of amides is 1. The summed E-state index contributed by atoms with van der Waals surface area (Å²) in [5, 5.41) is 4.43. The normalized spacial score (nSPS) is 14.8. The van der Waals surface area contributed by atoms with Gasteiger partial charge in [-0.05, 0) is 30.7 Å². The number of hydrogen-bond acceptors (Lipinski definition) is 5. The first-order chi connectivity index (χ1) is 16.5. The predicted molar refractivity (Wildman–Crippen MR) is 137 cm³/mol. The summed E-state index contributed by atoms with van der Waals surface area (Å²) in [7, 11) is 0. The SMILES string of the molecule is Cc1ccc(CN2C(=O)/C(=c3\sc4nc(-c5ccc(Br)cc5)nn4c3=O)c3ccccc32)cc1. The first kappa shape index (κ1) is 20.9. The first-order valence-corrected chi connectivity index (χ1v) is 12.3. The molecule has 166 valence electrons. The largest absolute Gasteiger partial charge is 0.303 e. The van der Waals surface area contributed by atoms with Gasteiger partial charge in [-0.1, -0.05) is 87.4 Å². The Morgan fingerprint density at radius 1 is 0.941 bits per heavy atom. The van der Waals surface area contributed by atoms with Gasteiger partial charge >= 0.3 is 0 Å². The third kappa shape index (κ3) is 3.38. The monoisotopic (exact) mass is 528 g/mol. The number of rotatable bonds is 3. The average molecular weight is 529 g/mol. The van der Waals surface area contributed by atoms with Crippen LogP contribution in [0.3, 0.4) is 0 Å². The van der Waals surface area contributed by atoms with Gasteiger partial charge in [0.05, 0.1) is 17.8 Å². The molecule has 1 aliphatic heterocycles. The Bertz CT molecular complexity index is 1690. The maximum absolute atomic E-state index is 13.6. The summed E-state index contributed by atoms with van der Waals surface area (Å²) in [5.41, 5.74) is 4.66. The maximum atomic E-state index is 13.6. The number of hydrogen-bond donors (Lipinski definition) is 0. The Kier molecular flexibility index (Phi) is 4.93.